The quantitative estimate of drug-likeness (QED) is 0.878. The van der Waals surface area contributed by atoms with Gasteiger partial charge in [-0.1, -0.05) is 0 Å². The summed E-state index contributed by atoms with van der Waals surface area (Å²) in [7, 11) is -3.15. The minimum atomic E-state index is -3.15. The molecule has 3 rings (SSSR count). The lowest BCUT2D eigenvalue weighted by Gasteiger charge is -2.52. The Labute approximate surface area is 140 Å². The van der Waals surface area contributed by atoms with Gasteiger partial charge in [-0.15, -0.1) is 11.3 Å². The predicted octanol–water partition coefficient (Wildman–Crippen LogP) is 1.23. The maximum Gasteiger partial charge on any atom is 0.264 e. The molecule has 6 nitrogen and oxygen atoms in total. The van der Waals surface area contributed by atoms with Crippen LogP contribution in [0.5, 0.6) is 0 Å². The molecule has 0 aliphatic carbocycles. The first kappa shape index (κ1) is 16.9. The van der Waals surface area contributed by atoms with Crippen molar-refractivity contribution in [3.8, 4) is 0 Å². The van der Waals surface area contributed by atoms with Crippen LogP contribution in [0.4, 0.5) is 0 Å². The highest BCUT2D eigenvalue weighted by Gasteiger charge is 2.48. The summed E-state index contributed by atoms with van der Waals surface area (Å²) in [5.41, 5.74) is 0.806. The Morgan fingerprint density at radius 2 is 2.26 bits per heavy atom. The van der Waals surface area contributed by atoms with Gasteiger partial charge in [-0.25, -0.2) is 13.1 Å². The molecule has 1 atom stereocenters. The molecule has 1 aromatic rings. The standard InChI is InChI=1S/C15H22N2O4S2/c1-11-4-6-22-13(11)14(18)17-9-15(10-17)5-3-12(8-21-15)7-16-23(2,19)20/h4,6,12,16H,3,5,7-10H2,1-2H3/t12-/m0/s1. The third-order valence-corrected chi connectivity index (χ3v) is 6.26. The van der Waals surface area contributed by atoms with E-state index < -0.39 is 10.0 Å². The zero-order valence-corrected chi connectivity index (χ0v) is 15.0. The van der Waals surface area contributed by atoms with Crippen LogP contribution in [-0.2, 0) is 14.8 Å². The second-order valence-electron chi connectivity index (χ2n) is 6.61. The molecule has 0 bridgehead atoms. The Kier molecular flexibility index (Phi) is 4.52. The van der Waals surface area contributed by atoms with Gasteiger partial charge in [-0.2, -0.15) is 0 Å². The fourth-order valence-corrected chi connectivity index (χ4v) is 4.56. The molecule has 1 N–H and O–H groups in total. The first-order valence-corrected chi connectivity index (χ1v) is 10.5. The second-order valence-corrected chi connectivity index (χ2v) is 9.36. The molecular weight excluding hydrogens is 336 g/mol. The van der Waals surface area contributed by atoms with Gasteiger partial charge in [0.15, 0.2) is 0 Å². The average molecular weight is 358 g/mol. The number of ether oxygens (including phenoxy) is 1. The maximum absolute atomic E-state index is 12.4. The van der Waals surface area contributed by atoms with Gasteiger partial charge < -0.3 is 9.64 Å². The lowest BCUT2D eigenvalue weighted by atomic mass is 9.83. The summed E-state index contributed by atoms with van der Waals surface area (Å²) in [4.78, 5) is 15.1. The van der Waals surface area contributed by atoms with Gasteiger partial charge >= 0.3 is 0 Å². The van der Waals surface area contributed by atoms with Crippen LogP contribution in [0.2, 0.25) is 0 Å². The SMILES string of the molecule is Cc1ccsc1C(=O)N1CC2(CC[C@@H](CNS(C)(=O)=O)CO2)C1. The van der Waals surface area contributed by atoms with Crippen molar-refractivity contribution in [3.05, 3.63) is 21.9 Å². The molecule has 0 aromatic carbocycles. The highest BCUT2D eigenvalue weighted by atomic mass is 32.2. The molecule has 128 valence electrons. The number of hydrogen-bond donors (Lipinski definition) is 1. The summed E-state index contributed by atoms with van der Waals surface area (Å²) in [5.74, 6) is 0.298. The number of carbonyl (C=O) groups excluding carboxylic acids is 1. The van der Waals surface area contributed by atoms with E-state index in [1.807, 2.05) is 23.3 Å². The van der Waals surface area contributed by atoms with E-state index in [1.165, 1.54) is 17.6 Å². The fourth-order valence-electron chi connectivity index (χ4n) is 3.13. The Bertz CT molecular complexity index is 682. The van der Waals surface area contributed by atoms with Crippen molar-refractivity contribution in [1.82, 2.24) is 9.62 Å². The number of likely N-dealkylation sites (tertiary alicyclic amines) is 1. The molecular formula is C15H22N2O4S2. The summed E-state index contributed by atoms with van der Waals surface area (Å²) >= 11 is 1.48. The molecule has 1 aromatic heterocycles. The van der Waals surface area contributed by atoms with E-state index >= 15 is 0 Å². The van der Waals surface area contributed by atoms with E-state index in [9.17, 15) is 13.2 Å². The normalized spacial score (nSPS) is 23.7. The molecule has 2 aliphatic rings. The van der Waals surface area contributed by atoms with E-state index in [1.54, 1.807) is 0 Å². The average Bonchev–Trinajstić information content (AvgIpc) is 2.88. The lowest BCUT2D eigenvalue weighted by Crippen LogP contribution is -2.66. The molecule has 1 amide bonds. The van der Waals surface area contributed by atoms with Crippen molar-refractivity contribution in [1.29, 1.82) is 0 Å². The molecule has 1 spiro atoms. The number of nitrogens with one attached hydrogen (secondary N) is 1. The number of thiophene rings is 1. The number of hydrogen-bond acceptors (Lipinski definition) is 5. The van der Waals surface area contributed by atoms with Gasteiger partial charge in [-0.3, -0.25) is 4.79 Å². The Hall–Kier alpha value is -0.960. The van der Waals surface area contributed by atoms with E-state index in [0.717, 1.165) is 23.3 Å². The van der Waals surface area contributed by atoms with Crippen molar-refractivity contribution in [2.24, 2.45) is 5.92 Å². The lowest BCUT2D eigenvalue weighted by molar-refractivity contribution is -0.165. The van der Waals surface area contributed by atoms with Crippen LogP contribution in [-0.4, -0.2) is 57.3 Å². The summed E-state index contributed by atoms with van der Waals surface area (Å²) in [6, 6.07) is 1.96. The molecule has 3 heterocycles. The zero-order chi connectivity index (χ0) is 16.7. The van der Waals surface area contributed by atoms with Gasteiger partial charge in [0.05, 0.1) is 30.8 Å². The van der Waals surface area contributed by atoms with E-state index in [4.69, 9.17) is 4.74 Å². The largest absolute Gasteiger partial charge is 0.371 e. The molecule has 2 aliphatic heterocycles. The van der Waals surface area contributed by atoms with Gasteiger partial charge in [-0.05, 0) is 42.7 Å². The van der Waals surface area contributed by atoms with Crippen LogP contribution in [0.15, 0.2) is 11.4 Å². The molecule has 23 heavy (non-hydrogen) atoms. The summed E-state index contributed by atoms with van der Waals surface area (Å²) < 4.78 is 30.8. The Balaban J connectivity index is 1.48. The number of amides is 1. The predicted molar refractivity (Wildman–Crippen MR) is 89.2 cm³/mol. The number of sulfonamides is 1. The van der Waals surface area contributed by atoms with E-state index in [0.29, 0.717) is 26.2 Å². The van der Waals surface area contributed by atoms with Crippen LogP contribution in [0.3, 0.4) is 0 Å². The smallest absolute Gasteiger partial charge is 0.264 e. The molecule has 8 heteroatoms. The fraction of sp³-hybridized carbons (Fsp3) is 0.667. The van der Waals surface area contributed by atoms with Crippen molar-refractivity contribution in [3.63, 3.8) is 0 Å². The molecule has 0 radical (unpaired) electrons. The van der Waals surface area contributed by atoms with Crippen LogP contribution in [0, 0.1) is 12.8 Å². The van der Waals surface area contributed by atoms with Crippen LogP contribution in [0.25, 0.3) is 0 Å². The maximum atomic E-state index is 12.4. The molecule has 2 saturated heterocycles. The van der Waals surface area contributed by atoms with Gasteiger partial charge in [0.2, 0.25) is 10.0 Å². The van der Waals surface area contributed by atoms with E-state index in [2.05, 4.69) is 4.72 Å². The Morgan fingerprint density at radius 1 is 1.52 bits per heavy atom. The number of carbonyl (C=O) groups is 1. The highest BCUT2D eigenvalue weighted by Crippen LogP contribution is 2.37. The minimum Gasteiger partial charge on any atom is -0.371 e. The third-order valence-electron chi connectivity index (χ3n) is 4.57. The van der Waals surface area contributed by atoms with Crippen molar-refractivity contribution >= 4 is 27.3 Å². The van der Waals surface area contributed by atoms with Gasteiger partial charge in [0.25, 0.3) is 5.91 Å². The first-order valence-electron chi connectivity index (χ1n) is 7.70. The summed E-state index contributed by atoms with van der Waals surface area (Å²) in [6.07, 6.45) is 2.96. The summed E-state index contributed by atoms with van der Waals surface area (Å²) in [6.45, 7) is 4.19. The number of nitrogens with zero attached hydrogens (tertiary/aromatic N) is 1. The molecule has 2 fully saturated rings. The van der Waals surface area contributed by atoms with Crippen molar-refractivity contribution < 1.29 is 17.9 Å². The molecule has 0 unspecified atom stereocenters. The Morgan fingerprint density at radius 3 is 2.78 bits per heavy atom. The second kappa shape index (κ2) is 6.16. The van der Waals surface area contributed by atoms with E-state index in [-0.39, 0.29) is 17.4 Å². The van der Waals surface area contributed by atoms with Crippen LogP contribution >= 0.6 is 11.3 Å². The number of rotatable bonds is 4. The van der Waals surface area contributed by atoms with Gasteiger partial charge in [0, 0.05) is 6.54 Å². The van der Waals surface area contributed by atoms with Crippen molar-refractivity contribution in [2.45, 2.75) is 25.4 Å². The first-order chi connectivity index (χ1) is 10.8. The van der Waals surface area contributed by atoms with Gasteiger partial charge in [0.1, 0.15) is 5.60 Å². The topological polar surface area (TPSA) is 75.7 Å². The zero-order valence-electron chi connectivity index (χ0n) is 13.4. The monoisotopic (exact) mass is 358 g/mol. The molecule has 0 saturated carbocycles. The van der Waals surface area contributed by atoms with Crippen LogP contribution < -0.4 is 4.72 Å². The third kappa shape index (κ3) is 3.76. The summed E-state index contributed by atoms with van der Waals surface area (Å²) in [5, 5.41) is 1.94. The van der Waals surface area contributed by atoms with Crippen LogP contribution in [0.1, 0.15) is 28.1 Å². The number of aryl methyl sites for hydroxylation is 1. The highest BCUT2D eigenvalue weighted by molar-refractivity contribution is 7.88. The minimum absolute atomic E-state index is 0.0904. The van der Waals surface area contributed by atoms with Crippen molar-refractivity contribution in [2.75, 3.05) is 32.5 Å².